The van der Waals surface area contributed by atoms with Crippen LogP contribution in [0, 0.1) is 0 Å². The summed E-state index contributed by atoms with van der Waals surface area (Å²) in [7, 11) is 1.12. The van der Waals surface area contributed by atoms with Gasteiger partial charge in [-0.15, -0.1) is 0 Å². The predicted molar refractivity (Wildman–Crippen MR) is 108 cm³/mol. The minimum absolute atomic E-state index is 0.0915. The van der Waals surface area contributed by atoms with Gasteiger partial charge < -0.3 is 18.9 Å². The highest BCUT2D eigenvalue weighted by Gasteiger charge is 2.77. The maximum atomic E-state index is 14.2. The molecule has 0 bridgehead atoms. The molecule has 1 aromatic rings. The average molecular weight is 596 g/mol. The van der Waals surface area contributed by atoms with E-state index in [2.05, 4.69) is 18.9 Å². The van der Waals surface area contributed by atoms with Gasteiger partial charge in [0.15, 0.2) is 0 Å². The molecule has 1 aromatic carbocycles. The van der Waals surface area contributed by atoms with Gasteiger partial charge in [0.2, 0.25) is 0 Å². The summed E-state index contributed by atoms with van der Waals surface area (Å²) in [6.07, 6.45) is -26.3. The second kappa shape index (κ2) is 12.1. The maximum absolute atomic E-state index is 14.2. The Morgan fingerprint density at radius 1 is 0.769 bits per heavy atom. The SMILES string of the molecule is CCC(C)c1cc(C(OCOCCOC)(C(F)(F)F)C(F)(F)F)cc(C(OC(C)=O)(C(F)(F)F)C(F)(F)F)c1. The number of alkyl halides is 12. The van der Waals surface area contributed by atoms with Gasteiger partial charge in [-0.25, -0.2) is 0 Å². The molecule has 0 amide bonds. The van der Waals surface area contributed by atoms with Crippen molar-refractivity contribution < 1.29 is 76.4 Å². The Morgan fingerprint density at radius 3 is 1.56 bits per heavy atom. The molecular formula is C22H24F12O5. The first-order valence-corrected chi connectivity index (χ1v) is 10.9. The number of hydrogen-bond acceptors (Lipinski definition) is 5. The summed E-state index contributed by atoms with van der Waals surface area (Å²) in [6, 6.07) is -0.404. The molecule has 0 aromatic heterocycles. The Morgan fingerprint density at radius 2 is 1.21 bits per heavy atom. The number of carbonyl (C=O) groups is 1. The summed E-state index contributed by atoms with van der Waals surface area (Å²) in [5.74, 6) is -3.32. The van der Waals surface area contributed by atoms with Crippen molar-refractivity contribution in [3.05, 3.63) is 34.9 Å². The number of hydrogen-bond donors (Lipinski definition) is 0. The summed E-state index contributed by atoms with van der Waals surface area (Å²) < 4.78 is 186. The second-order valence-corrected chi connectivity index (χ2v) is 8.26. The maximum Gasteiger partial charge on any atom is 0.442 e. The monoisotopic (exact) mass is 596 g/mol. The van der Waals surface area contributed by atoms with Gasteiger partial charge in [0.05, 0.1) is 13.2 Å². The van der Waals surface area contributed by atoms with Gasteiger partial charge in [-0.2, -0.15) is 52.7 Å². The fourth-order valence-corrected chi connectivity index (χ4v) is 3.52. The van der Waals surface area contributed by atoms with E-state index in [0.29, 0.717) is 0 Å². The van der Waals surface area contributed by atoms with Crippen LogP contribution < -0.4 is 0 Å². The molecule has 39 heavy (non-hydrogen) atoms. The van der Waals surface area contributed by atoms with E-state index in [1.54, 1.807) is 0 Å². The van der Waals surface area contributed by atoms with Crippen LogP contribution in [0.25, 0.3) is 0 Å². The van der Waals surface area contributed by atoms with Crippen LogP contribution in [0.15, 0.2) is 18.2 Å². The first-order chi connectivity index (χ1) is 17.5. The third kappa shape index (κ3) is 6.90. The molecule has 1 unspecified atom stereocenters. The summed E-state index contributed by atoms with van der Waals surface area (Å²) in [5, 5.41) is 0. The molecule has 0 radical (unpaired) electrons. The van der Waals surface area contributed by atoms with Crippen molar-refractivity contribution in [2.45, 2.75) is 69.0 Å². The van der Waals surface area contributed by atoms with Crippen LogP contribution in [0.3, 0.4) is 0 Å². The third-order valence-electron chi connectivity index (χ3n) is 5.63. The number of esters is 1. The molecule has 0 aliphatic heterocycles. The van der Waals surface area contributed by atoms with Crippen molar-refractivity contribution in [3.8, 4) is 0 Å². The van der Waals surface area contributed by atoms with Gasteiger partial charge in [0.1, 0.15) is 6.79 Å². The summed E-state index contributed by atoms with van der Waals surface area (Å²) >= 11 is 0. The van der Waals surface area contributed by atoms with E-state index < -0.39 is 84.0 Å². The Kier molecular flexibility index (Phi) is 10.8. The summed E-state index contributed by atoms with van der Waals surface area (Å²) in [5.41, 5.74) is -16.3. The van der Waals surface area contributed by atoms with Crippen LogP contribution in [0.2, 0.25) is 0 Å². The van der Waals surface area contributed by atoms with Crippen molar-refractivity contribution in [2.24, 2.45) is 0 Å². The molecule has 226 valence electrons. The zero-order chi connectivity index (χ0) is 30.7. The van der Waals surface area contributed by atoms with Crippen LogP contribution in [0.5, 0.6) is 0 Å². The zero-order valence-corrected chi connectivity index (χ0v) is 20.7. The zero-order valence-electron chi connectivity index (χ0n) is 20.7. The van der Waals surface area contributed by atoms with Gasteiger partial charge in [-0.05, 0) is 24.0 Å². The largest absolute Gasteiger partial charge is 0.442 e. The van der Waals surface area contributed by atoms with Gasteiger partial charge in [0, 0.05) is 25.2 Å². The van der Waals surface area contributed by atoms with E-state index in [0.717, 1.165) is 14.0 Å². The topological polar surface area (TPSA) is 54.0 Å². The average Bonchev–Trinajstić information content (AvgIpc) is 2.75. The van der Waals surface area contributed by atoms with Crippen molar-refractivity contribution in [1.82, 2.24) is 0 Å². The second-order valence-electron chi connectivity index (χ2n) is 8.26. The molecule has 0 aliphatic carbocycles. The molecule has 0 fully saturated rings. The molecule has 5 nitrogen and oxygen atoms in total. The first-order valence-electron chi connectivity index (χ1n) is 10.9. The molecule has 0 saturated carbocycles. The Bertz CT molecular complexity index is 938. The fourth-order valence-electron chi connectivity index (χ4n) is 3.52. The van der Waals surface area contributed by atoms with Crippen molar-refractivity contribution >= 4 is 5.97 Å². The normalized spacial score (nSPS) is 14.9. The number of ether oxygens (including phenoxy) is 4. The van der Waals surface area contributed by atoms with Crippen LogP contribution >= 0.6 is 0 Å². The Balaban J connectivity index is 4.26. The van der Waals surface area contributed by atoms with Gasteiger partial charge >= 0.3 is 36.3 Å². The molecule has 0 saturated heterocycles. The van der Waals surface area contributed by atoms with E-state index >= 15 is 0 Å². The van der Waals surface area contributed by atoms with Crippen LogP contribution in [-0.2, 0) is 34.9 Å². The van der Waals surface area contributed by atoms with Crippen molar-refractivity contribution in [1.29, 1.82) is 0 Å². The predicted octanol–water partition coefficient (Wildman–Crippen LogP) is 7.04. The lowest BCUT2D eigenvalue weighted by Crippen LogP contribution is -2.58. The summed E-state index contributed by atoms with van der Waals surface area (Å²) in [6.45, 7) is 0.00292. The third-order valence-corrected chi connectivity index (χ3v) is 5.63. The quantitative estimate of drug-likeness (QED) is 0.119. The summed E-state index contributed by atoms with van der Waals surface area (Å²) in [4.78, 5) is 11.4. The molecule has 0 N–H and O–H groups in total. The Hall–Kier alpha value is -2.27. The number of halogens is 12. The van der Waals surface area contributed by atoms with E-state index in [9.17, 15) is 57.5 Å². The minimum Gasteiger partial charge on any atom is -0.435 e. The van der Waals surface area contributed by atoms with Crippen LogP contribution in [0.4, 0.5) is 52.7 Å². The fraction of sp³-hybridized carbons (Fsp3) is 0.682. The van der Waals surface area contributed by atoms with E-state index in [4.69, 9.17) is 0 Å². The highest BCUT2D eigenvalue weighted by atomic mass is 19.4. The lowest BCUT2D eigenvalue weighted by molar-refractivity contribution is -0.402. The highest BCUT2D eigenvalue weighted by molar-refractivity contribution is 5.67. The van der Waals surface area contributed by atoms with E-state index in [-0.39, 0.29) is 32.1 Å². The van der Waals surface area contributed by atoms with Gasteiger partial charge in [-0.3, -0.25) is 4.79 Å². The molecule has 0 heterocycles. The van der Waals surface area contributed by atoms with Crippen molar-refractivity contribution in [2.75, 3.05) is 27.1 Å². The number of rotatable bonds is 11. The van der Waals surface area contributed by atoms with Gasteiger partial charge in [0.25, 0.3) is 5.60 Å². The van der Waals surface area contributed by atoms with Gasteiger partial charge in [-0.1, -0.05) is 26.0 Å². The molecule has 1 rings (SSSR count). The van der Waals surface area contributed by atoms with E-state index in [1.165, 1.54) is 6.92 Å². The molecule has 1 atom stereocenters. The van der Waals surface area contributed by atoms with Crippen LogP contribution in [-0.4, -0.2) is 57.8 Å². The molecule has 0 aliphatic rings. The number of carbonyl (C=O) groups excluding carboxylic acids is 1. The smallest absolute Gasteiger partial charge is 0.435 e. The minimum atomic E-state index is -6.58. The Labute approximate surface area is 214 Å². The number of benzene rings is 1. The molecule has 0 spiro atoms. The standard InChI is InChI=1S/C22H24F12O5/c1-5-12(2)14-8-15(17(19(23,24)25,20(26,27)28)38-11-37-7-6-36-4)10-16(9-14)18(21(29,30)31,22(32,33)34)39-13(3)35/h8-10,12H,5-7,11H2,1-4H3. The number of methoxy groups -OCH3 is 1. The highest BCUT2D eigenvalue weighted by Crippen LogP contribution is 2.57. The van der Waals surface area contributed by atoms with Crippen molar-refractivity contribution in [3.63, 3.8) is 0 Å². The van der Waals surface area contributed by atoms with Crippen LogP contribution in [0.1, 0.15) is 49.8 Å². The first kappa shape index (κ1) is 34.8. The molecular weight excluding hydrogens is 572 g/mol. The van der Waals surface area contributed by atoms with E-state index in [1.807, 2.05) is 0 Å². The molecule has 17 heteroatoms. The lowest BCUT2D eigenvalue weighted by atomic mass is 9.81. The lowest BCUT2D eigenvalue weighted by Gasteiger charge is -2.40.